The van der Waals surface area contributed by atoms with E-state index in [1.54, 1.807) is 0 Å². The van der Waals surface area contributed by atoms with Crippen LogP contribution in [-0.4, -0.2) is 19.4 Å². The number of rotatable bonds is 4. The van der Waals surface area contributed by atoms with Crippen LogP contribution in [0.1, 0.15) is 20.8 Å². The molecule has 0 amide bonds. The van der Waals surface area contributed by atoms with Crippen molar-refractivity contribution in [1.82, 2.24) is 9.71 Å². The molecule has 1 heterocycles. The zero-order chi connectivity index (χ0) is 12.3. The maximum atomic E-state index is 11.9. The zero-order valence-electron chi connectivity index (χ0n) is 9.44. The number of hydrogen-bond acceptors (Lipinski definition) is 3. The topological polar surface area (TPSA) is 59.1 Å². The van der Waals surface area contributed by atoms with Crippen molar-refractivity contribution in [3.63, 3.8) is 0 Å². The Labute approximate surface area is 101 Å². The summed E-state index contributed by atoms with van der Waals surface area (Å²) in [5.41, 5.74) is 0. The van der Waals surface area contributed by atoms with Crippen LogP contribution < -0.4 is 4.72 Å². The van der Waals surface area contributed by atoms with Gasteiger partial charge in [0.05, 0.1) is 5.02 Å². The lowest BCUT2D eigenvalue weighted by Gasteiger charge is -2.17. The number of nitrogens with one attached hydrogen (secondary N) is 1. The molecule has 0 fully saturated rings. The number of aromatic nitrogens is 1. The molecule has 0 aliphatic heterocycles. The van der Waals surface area contributed by atoms with Crippen LogP contribution in [0.15, 0.2) is 23.4 Å². The molecule has 0 spiro atoms. The molecule has 4 nitrogen and oxygen atoms in total. The minimum Gasteiger partial charge on any atom is -0.263 e. The molecule has 0 saturated heterocycles. The molecule has 1 N–H and O–H groups in total. The Hall–Kier alpha value is -0.650. The van der Waals surface area contributed by atoms with Crippen molar-refractivity contribution < 1.29 is 8.42 Å². The molecule has 0 aliphatic rings. The highest BCUT2D eigenvalue weighted by Crippen LogP contribution is 2.19. The Kier molecular flexibility index (Phi) is 4.29. The normalized spacial score (nSPS) is 14.1. The number of halogens is 1. The molecule has 0 saturated carbocycles. The van der Waals surface area contributed by atoms with Crippen LogP contribution in [0.5, 0.6) is 0 Å². The van der Waals surface area contributed by atoms with Crippen molar-refractivity contribution in [2.45, 2.75) is 31.7 Å². The van der Waals surface area contributed by atoms with Gasteiger partial charge in [0.1, 0.15) is 4.90 Å². The second kappa shape index (κ2) is 5.12. The molecule has 1 atom stereocenters. The van der Waals surface area contributed by atoms with Gasteiger partial charge < -0.3 is 0 Å². The molecular weight excluding hydrogens is 248 g/mol. The van der Waals surface area contributed by atoms with Crippen LogP contribution in [0.2, 0.25) is 5.02 Å². The van der Waals surface area contributed by atoms with Gasteiger partial charge in [-0.05, 0) is 18.9 Å². The molecule has 0 aromatic carbocycles. The predicted molar refractivity (Wildman–Crippen MR) is 63.9 cm³/mol. The molecule has 90 valence electrons. The summed E-state index contributed by atoms with van der Waals surface area (Å²) in [5.74, 6) is 0.213. The van der Waals surface area contributed by atoms with Crippen LogP contribution >= 0.6 is 11.6 Å². The van der Waals surface area contributed by atoms with Gasteiger partial charge in [-0.25, -0.2) is 13.1 Å². The highest BCUT2D eigenvalue weighted by atomic mass is 35.5. The summed E-state index contributed by atoms with van der Waals surface area (Å²) in [4.78, 5) is 3.78. The molecule has 1 rings (SSSR count). The summed E-state index contributed by atoms with van der Waals surface area (Å²) in [6.07, 6.45) is 2.70. The lowest BCUT2D eigenvalue weighted by Crippen LogP contribution is -2.36. The molecule has 6 heteroatoms. The first kappa shape index (κ1) is 13.4. The molecular formula is C10H15ClN2O2S. The third-order valence-corrected chi connectivity index (χ3v) is 4.39. The van der Waals surface area contributed by atoms with Crippen LogP contribution in [0.3, 0.4) is 0 Å². The highest BCUT2D eigenvalue weighted by Gasteiger charge is 2.21. The average Bonchev–Trinajstić information content (AvgIpc) is 2.17. The number of sulfonamides is 1. The maximum absolute atomic E-state index is 11.9. The van der Waals surface area contributed by atoms with E-state index in [1.807, 2.05) is 20.8 Å². The molecule has 1 aromatic heterocycles. The van der Waals surface area contributed by atoms with Gasteiger partial charge in [0, 0.05) is 18.4 Å². The standard InChI is InChI=1S/C10H15ClN2O2S/c1-7(2)8(3)13-16(14,15)10-6-12-5-4-9(10)11/h4-8,13H,1-3H3. The van der Waals surface area contributed by atoms with Crippen LogP contribution in [-0.2, 0) is 10.0 Å². The fraction of sp³-hybridized carbons (Fsp3) is 0.500. The molecule has 0 aliphatic carbocycles. The minimum atomic E-state index is -3.58. The monoisotopic (exact) mass is 262 g/mol. The van der Waals surface area contributed by atoms with Crippen LogP contribution in [0, 0.1) is 5.92 Å². The second-order valence-electron chi connectivity index (χ2n) is 3.96. The Bertz CT molecular complexity index is 460. The first-order valence-electron chi connectivity index (χ1n) is 4.96. The van der Waals surface area contributed by atoms with Gasteiger partial charge >= 0.3 is 0 Å². The van der Waals surface area contributed by atoms with Gasteiger partial charge in [0.2, 0.25) is 10.0 Å². The summed E-state index contributed by atoms with van der Waals surface area (Å²) in [6.45, 7) is 5.70. The Balaban J connectivity index is 3.00. The summed E-state index contributed by atoms with van der Waals surface area (Å²) in [6, 6.07) is 1.30. The van der Waals surface area contributed by atoms with Crippen molar-refractivity contribution in [2.75, 3.05) is 0 Å². The number of nitrogens with zero attached hydrogens (tertiary/aromatic N) is 1. The zero-order valence-corrected chi connectivity index (χ0v) is 11.0. The Morgan fingerprint density at radius 3 is 2.50 bits per heavy atom. The molecule has 0 bridgehead atoms. The summed E-state index contributed by atoms with van der Waals surface area (Å²) >= 11 is 5.81. The van der Waals surface area contributed by atoms with E-state index < -0.39 is 10.0 Å². The van der Waals surface area contributed by atoms with Crippen molar-refractivity contribution >= 4 is 21.6 Å². The van der Waals surface area contributed by atoms with E-state index in [-0.39, 0.29) is 21.9 Å². The van der Waals surface area contributed by atoms with E-state index in [0.717, 1.165) is 0 Å². The second-order valence-corrected chi connectivity index (χ2v) is 6.05. The van der Waals surface area contributed by atoms with Crippen LogP contribution in [0.25, 0.3) is 0 Å². The van der Waals surface area contributed by atoms with E-state index in [1.165, 1.54) is 18.5 Å². The molecule has 0 radical (unpaired) electrons. The molecule has 1 aromatic rings. The fourth-order valence-electron chi connectivity index (χ4n) is 1.01. The first-order chi connectivity index (χ1) is 7.34. The third kappa shape index (κ3) is 3.17. The fourth-order valence-corrected chi connectivity index (χ4v) is 2.83. The Morgan fingerprint density at radius 2 is 2.00 bits per heavy atom. The summed E-state index contributed by atoms with van der Waals surface area (Å²) < 4.78 is 26.4. The number of hydrogen-bond donors (Lipinski definition) is 1. The van der Waals surface area contributed by atoms with E-state index in [2.05, 4.69) is 9.71 Å². The maximum Gasteiger partial charge on any atom is 0.243 e. The lowest BCUT2D eigenvalue weighted by molar-refractivity contribution is 0.476. The number of pyridine rings is 1. The lowest BCUT2D eigenvalue weighted by atomic mass is 10.1. The first-order valence-corrected chi connectivity index (χ1v) is 6.82. The van der Waals surface area contributed by atoms with Crippen LogP contribution in [0.4, 0.5) is 0 Å². The van der Waals surface area contributed by atoms with E-state index in [9.17, 15) is 8.42 Å². The van der Waals surface area contributed by atoms with Gasteiger partial charge in [-0.2, -0.15) is 0 Å². The summed E-state index contributed by atoms with van der Waals surface area (Å²) in [5, 5.41) is 0.179. The highest BCUT2D eigenvalue weighted by molar-refractivity contribution is 7.89. The van der Waals surface area contributed by atoms with Gasteiger partial charge in [-0.15, -0.1) is 0 Å². The van der Waals surface area contributed by atoms with Gasteiger partial charge in [-0.3, -0.25) is 4.98 Å². The quantitative estimate of drug-likeness (QED) is 0.904. The Morgan fingerprint density at radius 1 is 1.38 bits per heavy atom. The van der Waals surface area contributed by atoms with E-state index >= 15 is 0 Å². The minimum absolute atomic E-state index is 0.0177. The van der Waals surface area contributed by atoms with E-state index in [4.69, 9.17) is 11.6 Å². The van der Waals surface area contributed by atoms with Gasteiger partial charge in [0.15, 0.2) is 0 Å². The average molecular weight is 263 g/mol. The van der Waals surface area contributed by atoms with Crippen molar-refractivity contribution in [3.8, 4) is 0 Å². The summed E-state index contributed by atoms with van der Waals surface area (Å²) in [7, 11) is -3.58. The SMILES string of the molecule is CC(C)C(C)NS(=O)(=O)c1cnccc1Cl. The van der Waals surface area contributed by atoms with E-state index in [0.29, 0.717) is 0 Å². The van der Waals surface area contributed by atoms with Gasteiger partial charge in [0.25, 0.3) is 0 Å². The molecule has 16 heavy (non-hydrogen) atoms. The predicted octanol–water partition coefficient (Wildman–Crippen LogP) is 2.06. The van der Waals surface area contributed by atoms with Crippen molar-refractivity contribution in [1.29, 1.82) is 0 Å². The van der Waals surface area contributed by atoms with Crippen molar-refractivity contribution in [3.05, 3.63) is 23.5 Å². The van der Waals surface area contributed by atoms with Gasteiger partial charge in [-0.1, -0.05) is 25.4 Å². The molecule has 1 unspecified atom stereocenters. The smallest absolute Gasteiger partial charge is 0.243 e. The third-order valence-electron chi connectivity index (χ3n) is 2.36. The van der Waals surface area contributed by atoms with Crippen molar-refractivity contribution in [2.24, 2.45) is 5.92 Å². The largest absolute Gasteiger partial charge is 0.263 e.